The summed E-state index contributed by atoms with van der Waals surface area (Å²) in [6.07, 6.45) is 0. The van der Waals surface area contributed by atoms with E-state index in [1.54, 1.807) is 0 Å². The van der Waals surface area contributed by atoms with Crippen LogP contribution in [0, 0.1) is 0 Å². The molecule has 0 fully saturated rings. The highest BCUT2D eigenvalue weighted by atomic mass is 32.1. The van der Waals surface area contributed by atoms with Gasteiger partial charge in [0.15, 0.2) is 0 Å². The van der Waals surface area contributed by atoms with Gasteiger partial charge in [-0.15, -0.1) is 11.3 Å². The van der Waals surface area contributed by atoms with Crippen molar-refractivity contribution in [1.29, 1.82) is 0 Å². The molecule has 0 spiro atoms. The zero-order chi connectivity index (χ0) is 26.0. The number of benzene rings is 6. The second kappa shape index (κ2) is 10.9. The summed E-state index contributed by atoms with van der Waals surface area (Å²) in [6, 6.07) is 58.3. The van der Waals surface area contributed by atoms with Crippen LogP contribution in [0.15, 0.2) is 158 Å². The van der Waals surface area contributed by atoms with Crippen LogP contribution in [-0.2, 0) is 0 Å². The molecule has 0 N–H and O–H groups in total. The van der Waals surface area contributed by atoms with Crippen LogP contribution in [0.5, 0.6) is 0 Å². The maximum atomic E-state index is 2.47. The fourth-order valence-electron chi connectivity index (χ4n) is 5.23. The summed E-state index contributed by atoms with van der Waals surface area (Å²) in [6.45, 7) is 0. The normalized spacial score (nSPS) is 11.5. The first-order chi connectivity index (χ1) is 19.3. The van der Waals surface area contributed by atoms with Gasteiger partial charge in [0.2, 0.25) is 0 Å². The van der Waals surface area contributed by atoms with E-state index in [1.165, 1.54) is 52.0 Å². The van der Waals surface area contributed by atoms with Gasteiger partial charge in [-0.3, -0.25) is 0 Å². The predicted octanol–water partition coefficient (Wildman–Crippen LogP) is 7.57. The Morgan fingerprint density at radius 2 is 0.615 bits per heavy atom. The maximum absolute atomic E-state index is 2.47. The van der Waals surface area contributed by atoms with Crippen LogP contribution >= 0.6 is 27.2 Å². The Labute approximate surface area is 236 Å². The molecule has 3 heteroatoms. The van der Waals surface area contributed by atoms with Gasteiger partial charge < -0.3 is 0 Å². The van der Waals surface area contributed by atoms with E-state index in [4.69, 9.17) is 0 Å². The zero-order valence-electron chi connectivity index (χ0n) is 21.3. The number of thiophene rings is 1. The average Bonchev–Trinajstić information content (AvgIpc) is 3.37. The van der Waals surface area contributed by atoms with E-state index in [0.717, 1.165) is 0 Å². The Bertz CT molecular complexity index is 1630. The Kier molecular flexibility index (Phi) is 6.82. The first kappa shape index (κ1) is 24.4. The Hall–Kier alpha value is -3.60. The monoisotopic (exact) mass is 552 g/mol. The minimum Gasteiger partial charge on any atom is -0.135 e. The molecule has 0 unspecified atom stereocenters. The molecule has 1 aromatic heterocycles. The summed E-state index contributed by atoms with van der Waals surface area (Å²) in [4.78, 5) is 0. The molecule has 6 aromatic carbocycles. The molecule has 0 aliphatic rings. The van der Waals surface area contributed by atoms with Gasteiger partial charge in [0.25, 0.3) is 0 Å². The van der Waals surface area contributed by atoms with Crippen molar-refractivity contribution in [2.45, 2.75) is 0 Å². The molecule has 0 saturated carbocycles. The molecule has 0 radical (unpaired) electrons. The Morgan fingerprint density at radius 1 is 0.308 bits per heavy atom. The molecule has 0 amide bonds. The lowest BCUT2D eigenvalue weighted by molar-refractivity contribution is 1.75. The summed E-state index contributed by atoms with van der Waals surface area (Å²) in [5, 5.41) is 11.1. The third-order valence-electron chi connectivity index (χ3n) is 7.01. The van der Waals surface area contributed by atoms with Crippen LogP contribution in [0.2, 0.25) is 0 Å². The lowest BCUT2D eigenvalue weighted by Crippen LogP contribution is -2.20. The molecule has 1 heterocycles. The highest BCUT2D eigenvalue weighted by Gasteiger charge is 2.20. The molecular weight excluding hydrogens is 526 g/mol. The van der Waals surface area contributed by atoms with Crippen molar-refractivity contribution in [3.8, 4) is 0 Å². The van der Waals surface area contributed by atoms with E-state index in [2.05, 4.69) is 158 Å². The van der Waals surface area contributed by atoms with Gasteiger partial charge in [-0.25, -0.2) is 0 Å². The van der Waals surface area contributed by atoms with Crippen molar-refractivity contribution >= 4 is 79.2 Å². The molecule has 0 aliphatic carbocycles. The van der Waals surface area contributed by atoms with Gasteiger partial charge in [-0.1, -0.05) is 133 Å². The van der Waals surface area contributed by atoms with Crippen LogP contribution < -0.4 is 31.8 Å². The van der Waals surface area contributed by atoms with E-state index < -0.39 is 15.8 Å². The molecule has 7 rings (SSSR count). The molecule has 186 valence electrons. The summed E-state index contributed by atoms with van der Waals surface area (Å²) in [7, 11) is -1.28. The lowest BCUT2D eigenvalue weighted by atomic mass is 10.1. The van der Waals surface area contributed by atoms with Gasteiger partial charge >= 0.3 is 0 Å². The molecule has 0 nitrogen and oxygen atoms in total. The van der Waals surface area contributed by atoms with Gasteiger partial charge in [0.1, 0.15) is 0 Å². The van der Waals surface area contributed by atoms with E-state index in [9.17, 15) is 0 Å². The molecule has 0 saturated heterocycles. The number of fused-ring (bicyclic) bond motifs is 3. The van der Waals surface area contributed by atoms with Gasteiger partial charge in [0.05, 0.1) is 0 Å². The van der Waals surface area contributed by atoms with Crippen molar-refractivity contribution in [2.24, 2.45) is 0 Å². The summed E-state index contributed by atoms with van der Waals surface area (Å²) in [5.41, 5.74) is 0. The number of hydrogen-bond acceptors (Lipinski definition) is 1. The Balaban J connectivity index is 1.40. The third kappa shape index (κ3) is 4.84. The van der Waals surface area contributed by atoms with Crippen molar-refractivity contribution < 1.29 is 0 Å². The molecular formula is C36H26P2S. The van der Waals surface area contributed by atoms with Crippen molar-refractivity contribution in [3.63, 3.8) is 0 Å². The van der Waals surface area contributed by atoms with Crippen LogP contribution in [-0.4, -0.2) is 0 Å². The first-order valence-corrected chi connectivity index (χ1v) is 16.6. The van der Waals surface area contributed by atoms with Crippen LogP contribution in [0.4, 0.5) is 0 Å². The average molecular weight is 553 g/mol. The van der Waals surface area contributed by atoms with Crippen molar-refractivity contribution in [1.82, 2.24) is 0 Å². The SMILES string of the molecule is c1ccc(P(c2ccccc2)c2ccc3sc4ccc(P(c5ccccc5)c5ccccc5)cc4c3c2)cc1. The quantitative estimate of drug-likeness (QED) is 0.187. The molecule has 7 aromatic rings. The number of hydrogen-bond donors (Lipinski definition) is 0. The maximum Gasteiger partial charge on any atom is 0.0355 e. The minimum atomic E-state index is -0.639. The second-order valence-electron chi connectivity index (χ2n) is 9.48. The van der Waals surface area contributed by atoms with Crippen molar-refractivity contribution in [3.05, 3.63) is 158 Å². The molecule has 0 atom stereocenters. The smallest absolute Gasteiger partial charge is 0.0355 e. The molecule has 39 heavy (non-hydrogen) atoms. The standard InChI is InChI=1S/C36H26P2S/c1-5-13-27(14-6-1)37(28-15-7-2-8-16-28)31-21-23-35-33(25-31)34-26-32(22-24-36(34)39-35)38(29-17-9-3-10-18-29)30-19-11-4-12-20-30/h1-26H. The van der Waals surface area contributed by atoms with Crippen LogP contribution in [0.25, 0.3) is 20.2 Å². The lowest BCUT2D eigenvalue weighted by Gasteiger charge is -2.20. The van der Waals surface area contributed by atoms with E-state index in [-0.39, 0.29) is 0 Å². The van der Waals surface area contributed by atoms with E-state index in [0.29, 0.717) is 0 Å². The zero-order valence-corrected chi connectivity index (χ0v) is 23.9. The van der Waals surface area contributed by atoms with Gasteiger partial charge in [0, 0.05) is 20.2 Å². The van der Waals surface area contributed by atoms with Gasteiger partial charge in [-0.05, 0) is 71.9 Å². The Morgan fingerprint density at radius 3 is 0.923 bits per heavy atom. The van der Waals surface area contributed by atoms with E-state index in [1.807, 2.05) is 11.3 Å². The van der Waals surface area contributed by atoms with E-state index >= 15 is 0 Å². The van der Waals surface area contributed by atoms with Crippen molar-refractivity contribution in [2.75, 3.05) is 0 Å². The third-order valence-corrected chi connectivity index (χ3v) is 13.0. The molecule has 0 aliphatic heterocycles. The fraction of sp³-hybridized carbons (Fsp3) is 0. The largest absolute Gasteiger partial charge is 0.135 e. The highest BCUT2D eigenvalue weighted by molar-refractivity contribution is 7.80. The summed E-state index contributed by atoms with van der Waals surface area (Å²) >= 11 is 1.90. The first-order valence-electron chi connectivity index (χ1n) is 13.1. The fourth-order valence-corrected chi connectivity index (χ4v) is 10.9. The van der Waals surface area contributed by atoms with Crippen LogP contribution in [0.1, 0.15) is 0 Å². The molecule has 0 bridgehead atoms. The number of rotatable bonds is 6. The highest BCUT2D eigenvalue weighted by Crippen LogP contribution is 2.40. The minimum absolute atomic E-state index is 0.639. The van der Waals surface area contributed by atoms with Gasteiger partial charge in [-0.2, -0.15) is 0 Å². The van der Waals surface area contributed by atoms with Crippen LogP contribution in [0.3, 0.4) is 0 Å². The summed E-state index contributed by atoms with van der Waals surface area (Å²) in [5.74, 6) is 0. The summed E-state index contributed by atoms with van der Waals surface area (Å²) < 4.78 is 2.71. The predicted molar refractivity (Wildman–Crippen MR) is 177 cm³/mol. The topological polar surface area (TPSA) is 0 Å². The second-order valence-corrected chi connectivity index (χ2v) is 15.0.